The topological polar surface area (TPSA) is 148 Å². The van der Waals surface area contributed by atoms with Gasteiger partial charge in [0.1, 0.15) is 24.1 Å². The summed E-state index contributed by atoms with van der Waals surface area (Å²) in [6.07, 6.45) is 0.970. The third-order valence-corrected chi connectivity index (χ3v) is 8.82. The number of methoxy groups -OCH3 is 2. The molecule has 0 spiro atoms. The second-order valence-electron chi connectivity index (χ2n) is 10.00. The highest BCUT2D eigenvalue weighted by Gasteiger charge is 2.34. The largest absolute Gasteiger partial charge is 0.497 e. The average Bonchev–Trinajstić information content (AvgIpc) is 3.02. The Labute approximate surface area is 257 Å². The minimum Gasteiger partial charge on any atom is -0.497 e. The van der Waals surface area contributed by atoms with Gasteiger partial charge in [-0.3, -0.25) is 24.0 Å². The highest BCUT2D eigenvalue weighted by molar-refractivity contribution is 7.92. The zero-order valence-electron chi connectivity index (χ0n) is 25.5. The Balaban J connectivity index is 2.10. The molecule has 1 N–H and O–H groups in total. The van der Waals surface area contributed by atoms with Crippen LogP contribution in [0.5, 0.6) is 11.5 Å². The van der Waals surface area contributed by atoms with E-state index >= 15 is 0 Å². The van der Waals surface area contributed by atoms with Crippen molar-refractivity contribution in [1.82, 2.24) is 10.2 Å². The molecule has 1 atom stereocenters. The van der Waals surface area contributed by atoms with Gasteiger partial charge in [-0.15, -0.1) is 0 Å². The van der Waals surface area contributed by atoms with E-state index in [9.17, 15) is 28.1 Å². The molecular weight excluding hydrogens is 588 g/mol. The van der Waals surface area contributed by atoms with Gasteiger partial charge in [-0.05, 0) is 67.8 Å². The highest BCUT2D eigenvalue weighted by atomic mass is 32.2. The highest BCUT2D eigenvalue weighted by Crippen LogP contribution is 2.29. The van der Waals surface area contributed by atoms with E-state index in [1.54, 1.807) is 43.3 Å². The summed E-state index contributed by atoms with van der Waals surface area (Å²) >= 11 is 0. The summed E-state index contributed by atoms with van der Waals surface area (Å²) in [4.78, 5) is 39.3. The smallest absolute Gasteiger partial charge is 0.273 e. The third kappa shape index (κ3) is 8.04. The normalized spacial score (nSPS) is 11.8. The second kappa shape index (κ2) is 15.2. The molecule has 2 amide bonds. The monoisotopic (exact) mass is 626 g/mol. The number of sulfonamides is 1. The van der Waals surface area contributed by atoms with E-state index in [0.29, 0.717) is 30.0 Å². The van der Waals surface area contributed by atoms with Crippen molar-refractivity contribution in [2.75, 3.05) is 31.6 Å². The standard InChI is InChI=1S/C31H38N4O8S/c1-6-18-32-31(37)28(7-2)33(20-23-9-13-25(42-4)14-10-23)30(36)21-34(24-11-15-26(43-5)16-12-24)44(40,41)27-17-8-22(3)29(19-27)35(38)39/h8-17,19,28H,6-7,18,20-21H2,1-5H3,(H,32,37)/t28-/m1/s1. The van der Waals surface area contributed by atoms with Crippen molar-refractivity contribution in [3.05, 3.63) is 88.0 Å². The summed E-state index contributed by atoms with van der Waals surface area (Å²) in [6, 6.07) is 15.7. The zero-order valence-corrected chi connectivity index (χ0v) is 26.3. The summed E-state index contributed by atoms with van der Waals surface area (Å²) in [5, 5.41) is 14.5. The van der Waals surface area contributed by atoms with Gasteiger partial charge in [-0.25, -0.2) is 8.42 Å². The molecule has 3 aromatic rings. The third-order valence-electron chi connectivity index (χ3n) is 7.05. The number of nitrogens with zero attached hydrogens (tertiary/aromatic N) is 3. The Morgan fingerprint density at radius 2 is 1.55 bits per heavy atom. The van der Waals surface area contributed by atoms with Gasteiger partial charge in [0, 0.05) is 24.7 Å². The molecule has 0 saturated carbocycles. The van der Waals surface area contributed by atoms with E-state index in [4.69, 9.17) is 9.47 Å². The number of nitro groups is 1. The van der Waals surface area contributed by atoms with Crippen molar-refractivity contribution in [2.45, 2.75) is 51.1 Å². The predicted octanol–water partition coefficient (Wildman–Crippen LogP) is 4.45. The number of carbonyl (C=O) groups excluding carboxylic acids is 2. The Morgan fingerprint density at radius 1 is 0.955 bits per heavy atom. The summed E-state index contributed by atoms with van der Waals surface area (Å²) in [5.41, 5.74) is 0.756. The average molecular weight is 627 g/mol. The summed E-state index contributed by atoms with van der Waals surface area (Å²) in [6.45, 7) is 4.95. The van der Waals surface area contributed by atoms with Gasteiger partial charge < -0.3 is 19.7 Å². The number of aryl methyl sites for hydroxylation is 1. The SMILES string of the molecule is CCCNC(=O)[C@@H](CC)N(Cc1ccc(OC)cc1)C(=O)CN(c1ccc(OC)cc1)S(=O)(=O)c1ccc(C)c([N+](=O)[O-])c1. The van der Waals surface area contributed by atoms with Crippen LogP contribution in [0, 0.1) is 17.0 Å². The molecule has 0 bridgehead atoms. The molecule has 0 radical (unpaired) electrons. The van der Waals surface area contributed by atoms with Crippen LogP contribution in [-0.4, -0.2) is 63.4 Å². The minimum atomic E-state index is -4.50. The molecular formula is C31H38N4O8S. The zero-order chi connectivity index (χ0) is 32.4. The Hall–Kier alpha value is -4.65. The quantitative estimate of drug-likeness (QED) is 0.192. The van der Waals surface area contributed by atoms with Gasteiger partial charge in [-0.2, -0.15) is 0 Å². The maximum atomic E-state index is 14.1. The summed E-state index contributed by atoms with van der Waals surface area (Å²) in [5.74, 6) is 0.0797. The van der Waals surface area contributed by atoms with Crippen LogP contribution >= 0.6 is 0 Å². The fraction of sp³-hybridized carbons (Fsp3) is 0.355. The number of carbonyl (C=O) groups is 2. The van der Waals surface area contributed by atoms with Crippen molar-refractivity contribution < 1.29 is 32.4 Å². The Morgan fingerprint density at radius 3 is 2.07 bits per heavy atom. The number of benzene rings is 3. The van der Waals surface area contributed by atoms with Crippen molar-refractivity contribution >= 4 is 33.2 Å². The maximum absolute atomic E-state index is 14.1. The van der Waals surface area contributed by atoms with Crippen molar-refractivity contribution in [1.29, 1.82) is 0 Å². The first-order valence-electron chi connectivity index (χ1n) is 14.1. The van der Waals surface area contributed by atoms with Gasteiger partial charge in [-0.1, -0.05) is 32.0 Å². The molecule has 44 heavy (non-hydrogen) atoms. The van der Waals surface area contributed by atoms with Crippen LogP contribution in [0.15, 0.2) is 71.6 Å². The molecule has 0 aliphatic carbocycles. The molecule has 0 aromatic heterocycles. The summed E-state index contributed by atoms with van der Waals surface area (Å²) < 4.78 is 39.5. The van der Waals surface area contributed by atoms with Gasteiger partial charge >= 0.3 is 0 Å². The lowest BCUT2D eigenvalue weighted by molar-refractivity contribution is -0.385. The Kier molecular flexibility index (Phi) is 11.7. The first-order valence-corrected chi connectivity index (χ1v) is 15.5. The number of amides is 2. The van der Waals surface area contributed by atoms with Crippen LogP contribution in [0.25, 0.3) is 0 Å². The molecule has 12 nitrogen and oxygen atoms in total. The van der Waals surface area contributed by atoms with E-state index in [-0.39, 0.29) is 40.7 Å². The number of nitrogens with one attached hydrogen (secondary N) is 1. The number of hydrogen-bond donors (Lipinski definition) is 1. The van der Waals surface area contributed by atoms with Gasteiger partial charge in [0.05, 0.1) is 29.7 Å². The molecule has 13 heteroatoms. The fourth-order valence-corrected chi connectivity index (χ4v) is 6.00. The Bertz CT molecular complexity index is 1560. The van der Waals surface area contributed by atoms with Crippen molar-refractivity contribution in [2.24, 2.45) is 0 Å². The minimum absolute atomic E-state index is 0.0212. The molecule has 3 rings (SSSR count). The molecule has 0 aliphatic heterocycles. The summed E-state index contributed by atoms with van der Waals surface area (Å²) in [7, 11) is -1.50. The second-order valence-corrected chi connectivity index (χ2v) is 11.9. The van der Waals surface area contributed by atoms with Gasteiger partial charge in [0.2, 0.25) is 11.8 Å². The number of rotatable bonds is 15. The number of anilines is 1. The lowest BCUT2D eigenvalue weighted by atomic mass is 10.1. The van der Waals surface area contributed by atoms with Crippen LogP contribution in [0.2, 0.25) is 0 Å². The molecule has 0 heterocycles. The molecule has 0 saturated heterocycles. The maximum Gasteiger partial charge on any atom is 0.273 e. The van der Waals surface area contributed by atoms with Crippen molar-refractivity contribution in [3.63, 3.8) is 0 Å². The molecule has 0 fully saturated rings. The molecule has 0 aliphatic rings. The van der Waals surface area contributed by atoms with E-state index in [1.807, 2.05) is 6.92 Å². The molecule has 236 valence electrons. The van der Waals surface area contributed by atoms with Crippen LogP contribution < -0.4 is 19.1 Å². The lowest BCUT2D eigenvalue weighted by Gasteiger charge is -2.33. The van der Waals surface area contributed by atoms with Gasteiger partial charge in [0.25, 0.3) is 15.7 Å². The van der Waals surface area contributed by atoms with Crippen molar-refractivity contribution in [3.8, 4) is 11.5 Å². The van der Waals surface area contributed by atoms with E-state index in [1.165, 1.54) is 50.3 Å². The van der Waals surface area contributed by atoms with Crippen LogP contribution in [0.3, 0.4) is 0 Å². The first-order chi connectivity index (χ1) is 21.0. The number of nitro benzene ring substituents is 1. The fourth-order valence-electron chi connectivity index (χ4n) is 4.56. The number of ether oxygens (including phenoxy) is 2. The molecule has 3 aromatic carbocycles. The first kappa shape index (κ1) is 33.8. The van der Waals surface area contributed by atoms with E-state index in [0.717, 1.165) is 10.4 Å². The predicted molar refractivity (Wildman–Crippen MR) is 166 cm³/mol. The van der Waals surface area contributed by atoms with Crippen LogP contribution in [0.4, 0.5) is 11.4 Å². The lowest BCUT2D eigenvalue weighted by Crippen LogP contribution is -2.52. The van der Waals surface area contributed by atoms with Gasteiger partial charge in [0.15, 0.2) is 0 Å². The van der Waals surface area contributed by atoms with Crippen LogP contribution in [0.1, 0.15) is 37.8 Å². The van der Waals surface area contributed by atoms with Crippen LogP contribution in [-0.2, 0) is 26.2 Å². The number of hydrogen-bond acceptors (Lipinski definition) is 8. The van der Waals surface area contributed by atoms with E-state index in [2.05, 4.69) is 5.32 Å². The molecule has 0 unspecified atom stereocenters. The van der Waals surface area contributed by atoms with E-state index < -0.39 is 33.4 Å².